The summed E-state index contributed by atoms with van der Waals surface area (Å²) in [6.45, 7) is 1.95. The lowest BCUT2D eigenvalue weighted by molar-refractivity contribution is -0.130. The number of nitrogens with zero attached hydrogens (tertiary/aromatic N) is 1. The minimum absolute atomic E-state index is 0.151. The lowest BCUT2D eigenvalue weighted by atomic mass is 10.1. The number of hydrazone groups is 1. The van der Waals surface area contributed by atoms with Gasteiger partial charge in [-0.05, 0) is 36.8 Å². The summed E-state index contributed by atoms with van der Waals surface area (Å²) in [5, 5.41) is 4.74. The first-order chi connectivity index (χ1) is 11.1. The minimum atomic E-state index is -0.730. The summed E-state index contributed by atoms with van der Waals surface area (Å²) in [5.41, 5.74) is 4.06. The molecule has 1 unspecified atom stereocenters. The van der Waals surface area contributed by atoms with Crippen LogP contribution >= 0.6 is 11.6 Å². The molecule has 1 aliphatic rings. The summed E-state index contributed by atoms with van der Waals surface area (Å²) in [4.78, 5) is 12.2. The number of rotatable bonds is 3. The molecule has 23 heavy (non-hydrogen) atoms. The smallest absolute Gasteiger partial charge is 0.284 e. The van der Waals surface area contributed by atoms with E-state index in [2.05, 4.69) is 10.5 Å². The van der Waals surface area contributed by atoms with Gasteiger partial charge in [0.1, 0.15) is 6.61 Å². The Hall–Kier alpha value is -2.53. The maximum atomic E-state index is 12.2. The molecule has 1 heterocycles. The van der Waals surface area contributed by atoms with Crippen LogP contribution in [0, 0.1) is 0 Å². The molecule has 0 aromatic heterocycles. The Morgan fingerprint density at radius 1 is 1.17 bits per heavy atom. The average molecular weight is 331 g/mol. The molecule has 0 fully saturated rings. The van der Waals surface area contributed by atoms with Gasteiger partial charge in [-0.1, -0.05) is 35.9 Å². The van der Waals surface area contributed by atoms with Crippen molar-refractivity contribution >= 4 is 23.2 Å². The van der Waals surface area contributed by atoms with Crippen molar-refractivity contribution in [2.24, 2.45) is 5.10 Å². The number of hydrogen-bond donors (Lipinski definition) is 1. The number of amides is 1. The summed E-state index contributed by atoms with van der Waals surface area (Å²) < 4.78 is 11.1. The molecule has 1 aliphatic heterocycles. The van der Waals surface area contributed by atoms with Crippen molar-refractivity contribution in [2.75, 3.05) is 6.61 Å². The van der Waals surface area contributed by atoms with Gasteiger partial charge in [-0.25, -0.2) is 5.43 Å². The molecule has 1 atom stereocenters. The number of fused-ring (bicyclic) bond motifs is 1. The number of carbonyl (C=O) groups excluding carboxylic acids is 1. The van der Waals surface area contributed by atoms with Crippen molar-refractivity contribution in [1.82, 2.24) is 5.43 Å². The van der Waals surface area contributed by atoms with E-state index in [0.29, 0.717) is 22.2 Å². The van der Waals surface area contributed by atoms with Crippen LogP contribution in [0.3, 0.4) is 0 Å². The van der Waals surface area contributed by atoms with E-state index in [0.717, 1.165) is 5.56 Å². The molecule has 0 saturated carbocycles. The Morgan fingerprint density at radius 2 is 1.87 bits per heavy atom. The average Bonchev–Trinajstić information content (AvgIpc) is 2.59. The first kappa shape index (κ1) is 15.4. The van der Waals surface area contributed by atoms with E-state index >= 15 is 0 Å². The van der Waals surface area contributed by atoms with Crippen LogP contribution in [0.4, 0.5) is 0 Å². The third-order valence-corrected chi connectivity index (χ3v) is 3.65. The maximum Gasteiger partial charge on any atom is 0.284 e. The molecular weight excluding hydrogens is 316 g/mol. The first-order valence-corrected chi connectivity index (χ1v) is 7.50. The summed E-state index contributed by atoms with van der Waals surface area (Å²) in [7, 11) is 0. The lowest BCUT2D eigenvalue weighted by Crippen LogP contribution is -2.42. The Morgan fingerprint density at radius 3 is 2.61 bits per heavy atom. The van der Waals surface area contributed by atoms with Crippen LogP contribution in [0.15, 0.2) is 53.6 Å². The second-order valence-corrected chi connectivity index (χ2v) is 5.48. The molecule has 2 aromatic rings. The summed E-state index contributed by atoms with van der Waals surface area (Å²) in [6, 6.07) is 14.4. The van der Waals surface area contributed by atoms with E-state index < -0.39 is 6.10 Å². The zero-order chi connectivity index (χ0) is 16.2. The fourth-order valence-electron chi connectivity index (χ4n) is 2.12. The summed E-state index contributed by atoms with van der Waals surface area (Å²) in [6.07, 6.45) is -0.730. The number of nitrogens with one attached hydrogen (secondary N) is 1. The van der Waals surface area contributed by atoms with Gasteiger partial charge in [0.05, 0.1) is 5.71 Å². The van der Waals surface area contributed by atoms with E-state index in [1.807, 2.05) is 24.3 Å². The van der Waals surface area contributed by atoms with Gasteiger partial charge < -0.3 is 9.47 Å². The van der Waals surface area contributed by atoms with Crippen LogP contribution in [-0.2, 0) is 4.79 Å². The number of carbonyl (C=O) groups is 1. The van der Waals surface area contributed by atoms with Crippen LogP contribution in [0.25, 0.3) is 0 Å². The zero-order valence-electron chi connectivity index (χ0n) is 12.5. The quantitative estimate of drug-likeness (QED) is 0.695. The van der Waals surface area contributed by atoms with E-state index in [4.69, 9.17) is 21.1 Å². The van der Waals surface area contributed by atoms with Gasteiger partial charge in [-0.3, -0.25) is 4.79 Å². The maximum absolute atomic E-state index is 12.2. The van der Waals surface area contributed by atoms with Crippen LogP contribution in [0.5, 0.6) is 11.5 Å². The molecule has 118 valence electrons. The minimum Gasteiger partial charge on any atom is -0.485 e. The van der Waals surface area contributed by atoms with Gasteiger partial charge >= 0.3 is 0 Å². The molecule has 0 bridgehead atoms. The number of ether oxygens (including phenoxy) is 2. The van der Waals surface area contributed by atoms with Gasteiger partial charge in [0, 0.05) is 5.02 Å². The Kier molecular flexibility index (Phi) is 4.48. The van der Waals surface area contributed by atoms with Crippen LogP contribution in [0.1, 0.15) is 12.5 Å². The van der Waals surface area contributed by atoms with E-state index in [1.165, 1.54) is 0 Å². The van der Waals surface area contributed by atoms with Crippen molar-refractivity contribution in [2.45, 2.75) is 13.0 Å². The summed E-state index contributed by atoms with van der Waals surface area (Å²) >= 11 is 5.85. The Balaban J connectivity index is 1.63. The highest BCUT2D eigenvalue weighted by Crippen LogP contribution is 2.30. The fourth-order valence-corrected chi connectivity index (χ4v) is 2.24. The molecule has 0 saturated heterocycles. The molecular formula is C17H15ClN2O3. The van der Waals surface area contributed by atoms with Gasteiger partial charge in [-0.2, -0.15) is 5.10 Å². The first-order valence-electron chi connectivity index (χ1n) is 7.12. The lowest BCUT2D eigenvalue weighted by Gasteiger charge is -2.24. The third-order valence-electron chi connectivity index (χ3n) is 3.40. The second kappa shape index (κ2) is 6.71. The van der Waals surface area contributed by atoms with Crippen molar-refractivity contribution in [3.63, 3.8) is 0 Å². The van der Waals surface area contributed by atoms with Crippen LogP contribution in [0.2, 0.25) is 5.02 Å². The highest BCUT2D eigenvalue weighted by molar-refractivity contribution is 6.30. The zero-order valence-corrected chi connectivity index (χ0v) is 13.2. The molecule has 0 spiro atoms. The standard InChI is InChI=1S/C17H15ClN2O3/c1-11(12-6-8-13(18)9-7-12)19-20-17(21)16-10-22-14-4-2-3-5-15(14)23-16/h2-9,16H,10H2,1H3,(H,20,21). The SMILES string of the molecule is CC(=NNC(=O)C1COc2ccccc2O1)c1ccc(Cl)cc1. The number of hydrogen-bond acceptors (Lipinski definition) is 4. The number of para-hydroxylation sites is 2. The monoisotopic (exact) mass is 330 g/mol. The highest BCUT2D eigenvalue weighted by atomic mass is 35.5. The molecule has 1 N–H and O–H groups in total. The molecule has 1 amide bonds. The van der Waals surface area contributed by atoms with Crippen molar-refractivity contribution in [3.8, 4) is 11.5 Å². The van der Waals surface area contributed by atoms with Crippen molar-refractivity contribution < 1.29 is 14.3 Å². The highest BCUT2D eigenvalue weighted by Gasteiger charge is 2.27. The predicted molar refractivity (Wildman–Crippen MR) is 88.2 cm³/mol. The fraction of sp³-hybridized carbons (Fsp3) is 0.176. The largest absolute Gasteiger partial charge is 0.485 e. The number of halogens is 1. The van der Waals surface area contributed by atoms with Gasteiger partial charge in [0.2, 0.25) is 6.10 Å². The van der Waals surface area contributed by atoms with Gasteiger partial charge in [0.15, 0.2) is 11.5 Å². The topological polar surface area (TPSA) is 59.9 Å². The van der Waals surface area contributed by atoms with E-state index in [-0.39, 0.29) is 12.5 Å². The predicted octanol–water partition coefficient (Wildman–Crippen LogP) is 3.02. The van der Waals surface area contributed by atoms with E-state index in [9.17, 15) is 4.79 Å². The van der Waals surface area contributed by atoms with Crippen LogP contribution in [-0.4, -0.2) is 24.3 Å². The van der Waals surface area contributed by atoms with E-state index in [1.54, 1.807) is 31.2 Å². The Bertz CT molecular complexity index is 744. The number of benzene rings is 2. The molecule has 0 radical (unpaired) electrons. The second-order valence-electron chi connectivity index (χ2n) is 5.04. The molecule has 5 nitrogen and oxygen atoms in total. The molecule has 3 rings (SSSR count). The van der Waals surface area contributed by atoms with Crippen LogP contribution < -0.4 is 14.9 Å². The summed E-state index contributed by atoms with van der Waals surface area (Å²) in [5.74, 6) is 0.836. The third kappa shape index (κ3) is 3.63. The van der Waals surface area contributed by atoms with Crippen molar-refractivity contribution in [3.05, 3.63) is 59.1 Å². The molecule has 0 aliphatic carbocycles. The molecule has 6 heteroatoms. The Labute approximate surface area is 138 Å². The van der Waals surface area contributed by atoms with Gasteiger partial charge in [-0.15, -0.1) is 0 Å². The van der Waals surface area contributed by atoms with Crippen molar-refractivity contribution in [1.29, 1.82) is 0 Å². The molecule has 2 aromatic carbocycles. The normalized spacial score (nSPS) is 16.8. The van der Waals surface area contributed by atoms with Gasteiger partial charge in [0.25, 0.3) is 5.91 Å².